The summed E-state index contributed by atoms with van der Waals surface area (Å²) in [4.78, 5) is 4.81. The van der Waals surface area contributed by atoms with E-state index in [1.54, 1.807) is 0 Å². The number of ether oxygens (including phenoxy) is 1. The highest BCUT2D eigenvalue weighted by Gasteiger charge is 2.37. The summed E-state index contributed by atoms with van der Waals surface area (Å²) in [6.45, 7) is 2.86. The molecular weight excluding hydrogens is 244 g/mol. The molecule has 0 atom stereocenters. The Labute approximate surface area is 114 Å². The van der Waals surface area contributed by atoms with Crippen LogP contribution in [0.4, 0.5) is 0 Å². The van der Waals surface area contributed by atoms with Crippen LogP contribution in [-0.2, 0) is 4.74 Å². The molecule has 2 heterocycles. The van der Waals surface area contributed by atoms with Gasteiger partial charge in [0.15, 0.2) is 5.17 Å². The number of amidine groups is 1. The topological polar surface area (TPSA) is 33.6 Å². The van der Waals surface area contributed by atoms with Gasteiger partial charge in [-0.25, -0.2) is 0 Å². The van der Waals surface area contributed by atoms with Crippen LogP contribution < -0.4 is 5.32 Å². The van der Waals surface area contributed by atoms with Crippen LogP contribution in [0.25, 0.3) is 0 Å². The molecule has 0 amide bonds. The maximum Gasteiger partial charge on any atom is 0.157 e. The number of aliphatic imine (C=N–C) groups is 1. The van der Waals surface area contributed by atoms with E-state index in [-0.39, 0.29) is 0 Å². The molecule has 1 spiro atoms. The first kappa shape index (κ1) is 12.8. The van der Waals surface area contributed by atoms with E-state index in [9.17, 15) is 0 Å². The summed E-state index contributed by atoms with van der Waals surface area (Å²) in [6.07, 6.45) is 9.26. The Hall–Kier alpha value is -0.220. The SMILES string of the molecule is C1CCC2(CC1)CSC(=NCC1CCOCC1)N2. The molecule has 3 aliphatic rings. The first-order valence-corrected chi connectivity index (χ1v) is 8.38. The van der Waals surface area contributed by atoms with Crippen molar-refractivity contribution in [1.29, 1.82) is 0 Å². The maximum atomic E-state index is 5.39. The second kappa shape index (κ2) is 5.83. The smallest absolute Gasteiger partial charge is 0.157 e. The Kier molecular flexibility index (Phi) is 4.14. The quantitative estimate of drug-likeness (QED) is 0.836. The van der Waals surface area contributed by atoms with Crippen LogP contribution in [0.5, 0.6) is 0 Å². The van der Waals surface area contributed by atoms with E-state index in [0.29, 0.717) is 5.54 Å². The van der Waals surface area contributed by atoms with Crippen LogP contribution >= 0.6 is 11.8 Å². The molecule has 2 aliphatic heterocycles. The van der Waals surface area contributed by atoms with Crippen LogP contribution in [0, 0.1) is 5.92 Å². The van der Waals surface area contributed by atoms with E-state index in [1.165, 1.54) is 55.9 Å². The van der Waals surface area contributed by atoms with Gasteiger partial charge in [-0.05, 0) is 31.6 Å². The molecule has 0 unspecified atom stereocenters. The van der Waals surface area contributed by atoms with Crippen molar-refractivity contribution in [2.45, 2.75) is 50.5 Å². The number of hydrogen-bond acceptors (Lipinski definition) is 3. The lowest BCUT2D eigenvalue weighted by atomic mass is 9.83. The highest BCUT2D eigenvalue weighted by Crippen LogP contribution is 2.36. The van der Waals surface area contributed by atoms with Crippen molar-refractivity contribution in [2.24, 2.45) is 10.9 Å². The molecule has 3 nitrogen and oxygen atoms in total. The number of thioether (sulfide) groups is 1. The van der Waals surface area contributed by atoms with Gasteiger partial charge >= 0.3 is 0 Å². The summed E-state index contributed by atoms with van der Waals surface area (Å²) in [5.41, 5.74) is 0.400. The monoisotopic (exact) mass is 268 g/mol. The third kappa shape index (κ3) is 3.02. The zero-order valence-corrected chi connectivity index (χ0v) is 11.9. The summed E-state index contributed by atoms with van der Waals surface area (Å²) < 4.78 is 5.39. The standard InChI is InChI=1S/C14H24N2OS/c1-2-6-14(7-3-1)11-18-13(16-14)15-10-12-4-8-17-9-5-12/h12H,1-11H2,(H,15,16). The minimum atomic E-state index is 0.400. The van der Waals surface area contributed by atoms with Gasteiger partial charge < -0.3 is 10.1 Å². The molecule has 2 saturated heterocycles. The molecule has 3 rings (SSSR count). The van der Waals surface area contributed by atoms with Gasteiger partial charge in [0.05, 0.1) is 0 Å². The molecule has 0 aromatic heterocycles. The highest BCUT2D eigenvalue weighted by molar-refractivity contribution is 8.14. The van der Waals surface area contributed by atoms with Crippen molar-refractivity contribution in [3.63, 3.8) is 0 Å². The van der Waals surface area contributed by atoms with E-state index in [0.717, 1.165) is 25.7 Å². The summed E-state index contributed by atoms with van der Waals surface area (Å²) >= 11 is 1.94. The fraction of sp³-hybridized carbons (Fsp3) is 0.929. The van der Waals surface area contributed by atoms with E-state index in [4.69, 9.17) is 9.73 Å². The van der Waals surface area contributed by atoms with Crippen molar-refractivity contribution >= 4 is 16.9 Å². The highest BCUT2D eigenvalue weighted by atomic mass is 32.2. The lowest BCUT2D eigenvalue weighted by molar-refractivity contribution is 0.0689. The number of rotatable bonds is 2. The predicted molar refractivity (Wildman–Crippen MR) is 77.3 cm³/mol. The first-order chi connectivity index (χ1) is 8.86. The molecule has 4 heteroatoms. The Balaban J connectivity index is 1.51. The van der Waals surface area contributed by atoms with Gasteiger partial charge in [-0.2, -0.15) is 0 Å². The largest absolute Gasteiger partial charge is 0.381 e. The first-order valence-electron chi connectivity index (χ1n) is 7.40. The van der Waals surface area contributed by atoms with Crippen LogP contribution in [0.15, 0.2) is 4.99 Å². The van der Waals surface area contributed by atoms with Crippen molar-refractivity contribution < 1.29 is 4.74 Å². The van der Waals surface area contributed by atoms with E-state index >= 15 is 0 Å². The van der Waals surface area contributed by atoms with Gasteiger partial charge in [-0.15, -0.1) is 0 Å². The Morgan fingerprint density at radius 1 is 1.22 bits per heavy atom. The summed E-state index contributed by atoms with van der Waals surface area (Å²) in [5, 5.41) is 4.94. The van der Waals surface area contributed by atoms with E-state index < -0.39 is 0 Å². The molecule has 1 aliphatic carbocycles. The Morgan fingerprint density at radius 3 is 2.78 bits per heavy atom. The molecule has 18 heavy (non-hydrogen) atoms. The van der Waals surface area contributed by atoms with Gasteiger partial charge in [0.1, 0.15) is 0 Å². The van der Waals surface area contributed by atoms with Crippen molar-refractivity contribution in [3.8, 4) is 0 Å². The van der Waals surface area contributed by atoms with Crippen molar-refractivity contribution in [2.75, 3.05) is 25.5 Å². The Morgan fingerprint density at radius 2 is 2.00 bits per heavy atom. The van der Waals surface area contributed by atoms with Crippen LogP contribution in [-0.4, -0.2) is 36.2 Å². The van der Waals surface area contributed by atoms with Crippen LogP contribution in [0.1, 0.15) is 44.9 Å². The van der Waals surface area contributed by atoms with Gasteiger partial charge in [-0.1, -0.05) is 31.0 Å². The lowest BCUT2D eigenvalue weighted by Crippen LogP contribution is -2.45. The van der Waals surface area contributed by atoms with Crippen LogP contribution in [0.2, 0.25) is 0 Å². The van der Waals surface area contributed by atoms with E-state index in [2.05, 4.69) is 5.32 Å². The molecule has 0 radical (unpaired) electrons. The molecule has 1 saturated carbocycles. The molecule has 0 aromatic carbocycles. The number of nitrogens with one attached hydrogen (secondary N) is 1. The molecule has 0 bridgehead atoms. The maximum absolute atomic E-state index is 5.39. The summed E-state index contributed by atoms with van der Waals surface area (Å²) in [7, 11) is 0. The zero-order chi connectivity index (χ0) is 12.3. The fourth-order valence-corrected chi connectivity index (χ4v) is 4.46. The molecule has 0 aromatic rings. The second-order valence-corrected chi connectivity index (χ2v) is 6.92. The normalized spacial score (nSPS) is 30.8. The molecule has 102 valence electrons. The molecule has 3 fully saturated rings. The summed E-state index contributed by atoms with van der Waals surface area (Å²) in [6, 6.07) is 0. The molecular formula is C14H24N2OS. The molecule has 1 N–H and O–H groups in total. The number of nitrogens with zero attached hydrogens (tertiary/aromatic N) is 1. The van der Waals surface area contributed by atoms with Crippen molar-refractivity contribution in [3.05, 3.63) is 0 Å². The summed E-state index contributed by atoms with van der Waals surface area (Å²) in [5.74, 6) is 1.98. The Bertz CT molecular complexity index is 307. The third-order valence-electron chi connectivity index (χ3n) is 4.50. The van der Waals surface area contributed by atoms with Gasteiger partial charge in [0, 0.05) is 31.1 Å². The van der Waals surface area contributed by atoms with Crippen molar-refractivity contribution in [1.82, 2.24) is 5.32 Å². The number of hydrogen-bond donors (Lipinski definition) is 1. The average molecular weight is 268 g/mol. The average Bonchev–Trinajstić information content (AvgIpc) is 2.82. The predicted octanol–water partition coefficient (Wildman–Crippen LogP) is 2.81. The lowest BCUT2D eigenvalue weighted by Gasteiger charge is -2.32. The minimum absolute atomic E-state index is 0.400. The van der Waals surface area contributed by atoms with Gasteiger partial charge in [0.25, 0.3) is 0 Å². The zero-order valence-electron chi connectivity index (χ0n) is 11.1. The van der Waals surface area contributed by atoms with Gasteiger partial charge in [0.2, 0.25) is 0 Å². The van der Waals surface area contributed by atoms with E-state index in [1.807, 2.05) is 11.8 Å². The third-order valence-corrected chi connectivity index (χ3v) is 5.70. The second-order valence-electron chi connectivity index (χ2n) is 5.96. The van der Waals surface area contributed by atoms with Gasteiger partial charge in [-0.3, -0.25) is 4.99 Å². The van der Waals surface area contributed by atoms with Crippen LogP contribution in [0.3, 0.4) is 0 Å². The fourth-order valence-electron chi connectivity index (χ4n) is 3.23. The minimum Gasteiger partial charge on any atom is -0.381 e.